The van der Waals surface area contributed by atoms with Crippen LogP contribution in [0.4, 0.5) is 5.69 Å². The Kier molecular flexibility index (Phi) is 3.57. The summed E-state index contributed by atoms with van der Waals surface area (Å²) in [5.41, 5.74) is 6.20. The maximum atomic E-state index is 4.51. The van der Waals surface area contributed by atoms with Crippen LogP contribution in [-0.2, 0) is 6.54 Å². The van der Waals surface area contributed by atoms with E-state index in [-0.39, 0.29) is 0 Å². The fourth-order valence-electron chi connectivity index (χ4n) is 1.80. The molecule has 0 radical (unpaired) electrons. The van der Waals surface area contributed by atoms with Crippen molar-refractivity contribution in [1.82, 2.24) is 9.97 Å². The van der Waals surface area contributed by atoms with Crippen LogP contribution in [0.15, 0.2) is 40.5 Å². The Labute approximate surface area is 120 Å². The quantitative estimate of drug-likeness (QED) is 0.782. The molecule has 3 nitrogen and oxygen atoms in total. The summed E-state index contributed by atoms with van der Waals surface area (Å²) in [4.78, 5) is 8.77. The van der Waals surface area contributed by atoms with Crippen LogP contribution in [0, 0.1) is 6.92 Å². The van der Waals surface area contributed by atoms with Gasteiger partial charge in [-0.3, -0.25) is 0 Å². The molecule has 3 rings (SSSR count). The molecule has 96 valence electrons. The summed E-state index contributed by atoms with van der Waals surface area (Å²) in [5.74, 6) is 0. The second-order valence-electron chi connectivity index (χ2n) is 4.17. The maximum Gasteiger partial charge on any atom is 0.0901 e. The van der Waals surface area contributed by atoms with Crippen molar-refractivity contribution in [2.45, 2.75) is 13.5 Å². The van der Waals surface area contributed by atoms with Gasteiger partial charge in [-0.1, -0.05) is 12.1 Å². The molecule has 2 aromatic heterocycles. The van der Waals surface area contributed by atoms with Gasteiger partial charge in [0.15, 0.2) is 0 Å². The Morgan fingerprint density at radius 2 is 2.21 bits per heavy atom. The van der Waals surface area contributed by atoms with Crippen LogP contribution < -0.4 is 5.32 Å². The molecule has 0 unspecified atom stereocenters. The van der Waals surface area contributed by atoms with E-state index >= 15 is 0 Å². The highest BCUT2D eigenvalue weighted by Crippen LogP contribution is 2.24. The molecule has 1 aromatic carbocycles. The Balaban J connectivity index is 1.76. The van der Waals surface area contributed by atoms with Crippen LogP contribution in [0.1, 0.15) is 10.7 Å². The summed E-state index contributed by atoms with van der Waals surface area (Å²) in [5, 5.41) is 8.63. The number of thiazole rings is 2. The van der Waals surface area contributed by atoms with Crippen LogP contribution in [0.3, 0.4) is 0 Å². The number of aromatic nitrogens is 2. The minimum absolute atomic E-state index is 0.753. The van der Waals surface area contributed by atoms with E-state index in [1.807, 2.05) is 18.5 Å². The Morgan fingerprint density at radius 3 is 2.95 bits per heavy atom. The van der Waals surface area contributed by atoms with E-state index in [4.69, 9.17) is 0 Å². The van der Waals surface area contributed by atoms with Crippen LogP contribution in [0.25, 0.3) is 11.3 Å². The average Bonchev–Trinajstić information content (AvgIpc) is 3.08. The zero-order valence-electron chi connectivity index (χ0n) is 10.5. The molecular formula is C14H13N3S2. The highest BCUT2D eigenvalue weighted by atomic mass is 32.1. The molecule has 1 N–H and O–H groups in total. The van der Waals surface area contributed by atoms with Gasteiger partial charge in [0.05, 0.1) is 28.5 Å². The standard InChI is InChI=1S/C14H13N3S2/c1-10-17-14(8-19-10)11-3-2-4-12(5-11)15-6-13-7-18-9-16-13/h2-5,7-9,15H,6H2,1H3. The highest BCUT2D eigenvalue weighted by molar-refractivity contribution is 7.09. The molecule has 0 saturated carbocycles. The molecule has 0 spiro atoms. The Morgan fingerprint density at radius 1 is 1.26 bits per heavy atom. The number of anilines is 1. The lowest BCUT2D eigenvalue weighted by atomic mass is 10.1. The molecule has 0 atom stereocenters. The van der Waals surface area contributed by atoms with E-state index < -0.39 is 0 Å². The largest absolute Gasteiger partial charge is 0.379 e. The zero-order valence-corrected chi connectivity index (χ0v) is 12.1. The molecule has 0 amide bonds. The molecule has 0 aliphatic carbocycles. The molecule has 0 bridgehead atoms. The predicted molar refractivity (Wildman–Crippen MR) is 81.7 cm³/mol. The van der Waals surface area contributed by atoms with Crippen molar-refractivity contribution in [3.63, 3.8) is 0 Å². The number of hydrogen-bond donors (Lipinski definition) is 1. The van der Waals surface area contributed by atoms with Gasteiger partial charge < -0.3 is 5.32 Å². The van der Waals surface area contributed by atoms with Crippen LogP contribution in [0.2, 0.25) is 0 Å². The van der Waals surface area contributed by atoms with E-state index in [1.54, 1.807) is 22.7 Å². The van der Waals surface area contributed by atoms with Gasteiger partial charge in [0.1, 0.15) is 0 Å². The molecule has 0 aliphatic rings. The summed E-state index contributed by atoms with van der Waals surface area (Å²) >= 11 is 3.29. The molecule has 5 heteroatoms. The van der Waals surface area contributed by atoms with Gasteiger partial charge in [-0.15, -0.1) is 22.7 Å². The summed E-state index contributed by atoms with van der Waals surface area (Å²) < 4.78 is 0. The number of nitrogens with zero attached hydrogens (tertiary/aromatic N) is 2. The van der Waals surface area contributed by atoms with Gasteiger partial charge in [-0.05, 0) is 19.1 Å². The smallest absolute Gasteiger partial charge is 0.0901 e. The van der Waals surface area contributed by atoms with Crippen molar-refractivity contribution >= 4 is 28.4 Å². The number of aryl methyl sites for hydroxylation is 1. The summed E-state index contributed by atoms with van der Waals surface area (Å²) in [6, 6.07) is 8.33. The third kappa shape index (κ3) is 3.00. The van der Waals surface area contributed by atoms with Gasteiger partial charge in [0.25, 0.3) is 0 Å². The minimum Gasteiger partial charge on any atom is -0.379 e. The topological polar surface area (TPSA) is 37.8 Å². The monoisotopic (exact) mass is 287 g/mol. The zero-order chi connectivity index (χ0) is 13.1. The normalized spacial score (nSPS) is 10.6. The minimum atomic E-state index is 0.753. The first-order chi connectivity index (χ1) is 9.31. The third-order valence-electron chi connectivity index (χ3n) is 2.73. The third-order valence-corrected chi connectivity index (χ3v) is 4.14. The van der Waals surface area contributed by atoms with Crippen molar-refractivity contribution in [2.24, 2.45) is 0 Å². The highest BCUT2D eigenvalue weighted by Gasteiger charge is 2.03. The number of hydrogen-bond acceptors (Lipinski definition) is 5. The van der Waals surface area contributed by atoms with Crippen molar-refractivity contribution in [3.8, 4) is 11.3 Å². The van der Waals surface area contributed by atoms with Crippen LogP contribution >= 0.6 is 22.7 Å². The molecule has 3 aromatic rings. The molecular weight excluding hydrogens is 274 g/mol. The van der Waals surface area contributed by atoms with Crippen molar-refractivity contribution in [3.05, 3.63) is 51.2 Å². The number of nitrogens with one attached hydrogen (secondary N) is 1. The van der Waals surface area contributed by atoms with Gasteiger partial charge in [0, 0.05) is 22.0 Å². The van der Waals surface area contributed by atoms with Gasteiger partial charge in [-0.2, -0.15) is 0 Å². The fraction of sp³-hybridized carbons (Fsp3) is 0.143. The average molecular weight is 287 g/mol. The van der Waals surface area contributed by atoms with E-state index in [0.29, 0.717) is 0 Å². The maximum absolute atomic E-state index is 4.51. The summed E-state index contributed by atoms with van der Waals surface area (Å²) in [7, 11) is 0. The molecule has 0 saturated heterocycles. The molecule has 0 fully saturated rings. The lowest BCUT2D eigenvalue weighted by Crippen LogP contribution is -1.99. The molecule has 2 heterocycles. The lowest BCUT2D eigenvalue weighted by molar-refractivity contribution is 1.07. The first kappa shape index (κ1) is 12.3. The van der Waals surface area contributed by atoms with Crippen molar-refractivity contribution < 1.29 is 0 Å². The predicted octanol–water partition coefficient (Wildman–Crippen LogP) is 4.19. The van der Waals surface area contributed by atoms with E-state index in [0.717, 1.165) is 34.2 Å². The van der Waals surface area contributed by atoms with Gasteiger partial charge in [0.2, 0.25) is 0 Å². The van der Waals surface area contributed by atoms with Crippen molar-refractivity contribution in [1.29, 1.82) is 0 Å². The second kappa shape index (κ2) is 5.50. The Hall–Kier alpha value is -1.72. The molecule has 19 heavy (non-hydrogen) atoms. The first-order valence-corrected chi connectivity index (χ1v) is 7.77. The Bertz CT molecular complexity index is 659. The molecule has 0 aliphatic heterocycles. The van der Waals surface area contributed by atoms with E-state index in [9.17, 15) is 0 Å². The summed E-state index contributed by atoms with van der Waals surface area (Å²) in [6.07, 6.45) is 0. The number of rotatable bonds is 4. The lowest BCUT2D eigenvalue weighted by Gasteiger charge is -2.06. The first-order valence-electron chi connectivity index (χ1n) is 5.95. The second-order valence-corrected chi connectivity index (χ2v) is 5.95. The fourth-order valence-corrected chi connectivity index (χ4v) is 2.98. The SMILES string of the molecule is Cc1nc(-c2cccc(NCc3cscn3)c2)cs1. The number of benzene rings is 1. The van der Waals surface area contributed by atoms with E-state index in [2.05, 4.69) is 44.2 Å². The van der Waals surface area contributed by atoms with Crippen LogP contribution in [-0.4, -0.2) is 9.97 Å². The van der Waals surface area contributed by atoms with Gasteiger partial charge in [-0.25, -0.2) is 9.97 Å². The summed E-state index contributed by atoms with van der Waals surface area (Å²) in [6.45, 7) is 2.78. The van der Waals surface area contributed by atoms with Crippen molar-refractivity contribution in [2.75, 3.05) is 5.32 Å². The van der Waals surface area contributed by atoms with E-state index in [1.165, 1.54) is 0 Å². The van der Waals surface area contributed by atoms with Crippen LogP contribution in [0.5, 0.6) is 0 Å². The van der Waals surface area contributed by atoms with Gasteiger partial charge >= 0.3 is 0 Å².